The van der Waals surface area contributed by atoms with Gasteiger partial charge in [-0.15, -0.1) is 0 Å². The van der Waals surface area contributed by atoms with E-state index in [1.807, 2.05) is 0 Å². The monoisotopic (exact) mass is 387 g/mol. The van der Waals surface area contributed by atoms with Gasteiger partial charge in [0.1, 0.15) is 16.2 Å². The van der Waals surface area contributed by atoms with Gasteiger partial charge in [0.05, 0.1) is 30.3 Å². The number of hydrogen-bond donors (Lipinski definition) is 2. The number of aromatic amines is 1. The Balaban J connectivity index is 1.91. The van der Waals surface area contributed by atoms with Crippen molar-refractivity contribution in [2.75, 3.05) is 19.0 Å². The average molecular weight is 387 g/mol. The predicted molar refractivity (Wildman–Crippen MR) is 102 cm³/mol. The lowest BCUT2D eigenvalue weighted by Gasteiger charge is -2.06. The van der Waals surface area contributed by atoms with Crippen LogP contribution >= 0.6 is 11.3 Å². The van der Waals surface area contributed by atoms with Crippen molar-refractivity contribution in [1.29, 1.82) is 0 Å². The fourth-order valence-electron chi connectivity index (χ4n) is 2.56. The molecule has 1 aromatic carbocycles. The zero-order valence-corrected chi connectivity index (χ0v) is 15.7. The van der Waals surface area contributed by atoms with Crippen molar-refractivity contribution >= 4 is 39.2 Å². The Bertz CT molecular complexity index is 1090. The van der Waals surface area contributed by atoms with Crippen LogP contribution in [0.15, 0.2) is 29.2 Å². The van der Waals surface area contributed by atoms with Crippen LogP contribution in [-0.2, 0) is 4.74 Å². The summed E-state index contributed by atoms with van der Waals surface area (Å²) in [5.41, 5.74) is 0.461. The number of fused-ring (bicyclic) bond motifs is 1. The van der Waals surface area contributed by atoms with Gasteiger partial charge in [0.25, 0.3) is 5.91 Å². The molecule has 2 aromatic heterocycles. The van der Waals surface area contributed by atoms with Crippen molar-refractivity contribution in [1.82, 2.24) is 9.97 Å². The smallest absolute Gasteiger partial charge is 0.350 e. The van der Waals surface area contributed by atoms with Crippen molar-refractivity contribution in [2.45, 2.75) is 13.8 Å². The summed E-state index contributed by atoms with van der Waals surface area (Å²) in [5, 5.41) is 3.11. The van der Waals surface area contributed by atoms with Crippen molar-refractivity contribution in [3.63, 3.8) is 0 Å². The lowest BCUT2D eigenvalue weighted by Crippen LogP contribution is -2.22. The van der Waals surface area contributed by atoms with E-state index in [4.69, 9.17) is 9.47 Å². The molecule has 0 spiro atoms. The van der Waals surface area contributed by atoms with Crippen LogP contribution in [-0.4, -0.2) is 35.6 Å². The molecule has 3 rings (SSSR count). The molecule has 0 unspecified atom stereocenters. The summed E-state index contributed by atoms with van der Waals surface area (Å²) in [7, 11) is 1.50. The van der Waals surface area contributed by atoms with E-state index in [2.05, 4.69) is 15.3 Å². The maximum Gasteiger partial charge on any atom is 0.350 e. The molecule has 140 valence electrons. The fraction of sp³-hybridized carbons (Fsp3) is 0.222. The molecule has 3 aromatic rings. The molecule has 0 bridgehead atoms. The number of carbonyl (C=O) groups excluding carboxylic acids is 2. The van der Waals surface area contributed by atoms with Crippen LogP contribution in [0.1, 0.15) is 32.6 Å². The summed E-state index contributed by atoms with van der Waals surface area (Å²) in [6, 6.07) is 5.00. The number of rotatable bonds is 5. The van der Waals surface area contributed by atoms with Crippen LogP contribution < -0.4 is 15.5 Å². The molecule has 2 N–H and O–H groups in total. The molecule has 0 atom stereocenters. The number of esters is 1. The topological polar surface area (TPSA) is 110 Å². The molecular weight excluding hydrogens is 370 g/mol. The van der Waals surface area contributed by atoms with Gasteiger partial charge in [0, 0.05) is 6.20 Å². The molecule has 0 aliphatic rings. The number of aromatic nitrogens is 2. The highest BCUT2D eigenvalue weighted by molar-refractivity contribution is 7.17. The minimum atomic E-state index is -0.620. The molecule has 1 amide bonds. The summed E-state index contributed by atoms with van der Waals surface area (Å²) in [4.78, 5) is 44.5. The molecule has 0 saturated heterocycles. The van der Waals surface area contributed by atoms with E-state index in [1.54, 1.807) is 32.0 Å². The normalized spacial score (nSPS) is 10.6. The fourth-order valence-corrected chi connectivity index (χ4v) is 3.42. The predicted octanol–water partition coefficient (Wildman–Crippen LogP) is 2.73. The largest absolute Gasteiger partial charge is 0.495 e. The van der Waals surface area contributed by atoms with Gasteiger partial charge in [-0.3, -0.25) is 14.9 Å². The lowest BCUT2D eigenvalue weighted by atomic mass is 10.1. The highest BCUT2D eigenvalue weighted by Gasteiger charge is 2.20. The van der Waals surface area contributed by atoms with Gasteiger partial charge in [0.15, 0.2) is 5.13 Å². The number of pyridine rings is 1. The number of H-pyrrole nitrogens is 1. The second-order valence-corrected chi connectivity index (χ2v) is 6.52. The first-order valence-corrected chi connectivity index (χ1v) is 8.92. The van der Waals surface area contributed by atoms with Crippen LogP contribution in [0.25, 0.3) is 10.9 Å². The summed E-state index contributed by atoms with van der Waals surface area (Å²) in [5.74, 6) is -0.611. The van der Waals surface area contributed by atoms with Crippen LogP contribution in [0.3, 0.4) is 0 Å². The third kappa shape index (κ3) is 3.54. The number of nitrogens with zero attached hydrogens (tertiary/aromatic N) is 1. The minimum absolute atomic E-state index is 0.0682. The van der Waals surface area contributed by atoms with E-state index in [-0.39, 0.29) is 17.3 Å². The van der Waals surface area contributed by atoms with Crippen LogP contribution in [0.2, 0.25) is 0 Å². The number of carbonyl (C=O) groups is 2. The summed E-state index contributed by atoms with van der Waals surface area (Å²) in [6.45, 7) is 3.60. The molecule has 0 aliphatic carbocycles. The van der Waals surface area contributed by atoms with E-state index < -0.39 is 17.3 Å². The Morgan fingerprint density at radius 2 is 2.11 bits per heavy atom. The molecule has 9 heteroatoms. The first-order chi connectivity index (χ1) is 13.0. The minimum Gasteiger partial charge on any atom is -0.495 e. The second kappa shape index (κ2) is 7.58. The second-order valence-electron chi connectivity index (χ2n) is 5.52. The number of benzene rings is 1. The molecule has 27 heavy (non-hydrogen) atoms. The Hall–Kier alpha value is -3.20. The molecule has 0 aliphatic heterocycles. The Morgan fingerprint density at radius 3 is 2.81 bits per heavy atom. The molecule has 0 fully saturated rings. The van der Waals surface area contributed by atoms with Crippen LogP contribution in [0.4, 0.5) is 5.13 Å². The van der Waals surface area contributed by atoms with E-state index >= 15 is 0 Å². The Morgan fingerprint density at radius 1 is 1.33 bits per heavy atom. The van der Waals surface area contributed by atoms with E-state index in [9.17, 15) is 14.4 Å². The molecular formula is C18H17N3O5S. The Labute approximate surface area is 158 Å². The number of methoxy groups -OCH3 is 1. The number of hydrogen-bond acceptors (Lipinski definition) is 7. The molecule has 8 nitrogen and oxygen atoms in total. The van der Waals surface area contributed by atoms with Crippen LogP contribution in [0.5, 0.6) is 5.75 Å². The number of ether oxygens (including phenoxy) is 2. The number of nitrogens with one attached hydrogen (secondary N) is 2. The van der Waals surface area contributed by atoms with Crippen molar-refractivity contribution in [2.24, 2.45) is 0 Å². The Kier molecular flexibility index (Phi) is 5.22. The van der Waals surface area contributed by atoms with Gasteiger partial charge in [0.2, 0.25) is 5.43 Å². The highest BCUT2D eigenvalue weighted by atomic mass is 32.1. The zero-order chi connectivity index (χ0) is 19.6. The number of amides is 1. The van der Waals surface area contributed by atoms with E-state index in [0.29, 0.717) is 27.2 Å². The summed E-state index contributed by atoms with van der Waals surface area (Å²) in [6.07, 6.45) is 1.33. The van der Waals surface area contributed by atoms with Gasteiger partial charge in [-0.1, -0.05) is 17.4 Å². The van der Waals surface area contributed by atoms with Gasteiger partial charge in [-0.2, -0.15) is 0 Å². The van der Waals surface area contributed by atoms with Crippen LogP contribution in [0, 0.1) is 6.92 Å². The van der Waals surface area contributed by atoms with Gasteiger partial charge >= 0.3 is 5.97 Å². The third-order valence-electron chi connectivity index (χ3n) is 3.82. The lowest BCUT2D eigenvalue weighted by molar-refractivity contribution is 0.0531. The first kappa shape index (κ1) is 18.6. The quantitative estimate of drug-likeness (QED) is 0.651. The highest BCUT2D eigenvalue weighted by Crippen LogP contribution is 2.24. The number of aryl methyl sites for hydroxylation is 1. The van der Waals surface area contributed by atoms with E-state index in [0.717, 1.165) is 11.3 Å². The maximum absolute atomic E-state index is 12.7. The van der Waals surface area contributed by atoms with Crippen molar-refractivity contribution in [3.05, 3.63) is 50.8 Å². The SMILES string of the molecule is CCOC(=O)c1sc(NC(=O)c2c[nH]c3c(OC)cccc3c2=O)nc1C. The first-order valence-electron chi connectivity index (χ1n) is 8.10. The summed E-state index contributed by atoms with van der Waals surface area (Å²) >= 11 is 0.996. The standard InChI is InChI=1S/C18H17N3O5S/c1-4-26-17(24)15-9(2)20-18(27-15)21-16(23)11-8-19-13-10(14(11)22)6-5-7-12(13)25-3/h5-8H,4H2,1-3H3,(H,19,22)(H,20,21,23). The summed E-state index contributed by atoms with van der Waals surface area (Å²) < 4.78 is 10.2. The molecule has 2 heterocycles. The van der Waals surface area contributed by atoms with Crippen molar-refractivity contribution in [3.8, 4) is 5.75 Å². The molecule has 0 saturated carbocycles. The number of thiazole rings is 1. The average Bonchev–Trinajstić information content (AvgIpc) is 3.02. The van der Waals surface area contributed by atoms with E-state index in [1.165, 1.54) is 13.3 Å². The van der Waals surface area contributed by atoms with Crippen molar-refractivity contribution < 1.29 is 19.1 Å². The van der Waals surface area contributed by atoms with Gasteiger partial charge < -0.3 is 14.5 Å². The maximum atomic E-state index is 12.7. The number of anilines is 1. The third-order valence-corrected chi connectivity index (χ3v) is 4.87. The zero-order valence-electron chi connectivity index (χ0n) is 14.9. The van der Waals surface area contributed by atoms with Gasteiger partial charge in [-0.05, 0) is 26.0 Å². The van der Waals surface area contributed by atoms with Gasteiger partial charge in [-0.25, -0.2) is 9.78 Å². The number of para-hydroxylation sites is 1. The molecule has 0 radical (unpaired) electrons.